The molecule has 0 aromatic heterocycles. The van der Waals surface area contributed by atoms with E-state index in [0.717, 1.165) is 0 Å². The summed E-state index contributed by atoms with van der Waals surface area (Å²) < 4.78 is 45.1. The largest absolute Gasteiger partial charge is 0.481 e. The van der Waals surface area contributed by atoms with E-state index in [1.54, 1.807) is 6.08 Å². The van der Waals surface area contributed by atoms with E-state index in [9.17, 15) is 64.8 Å². The number of aliphatic hydroxyl groups is 10. The fourth-order valence-corrected chi connectivity index (χ4v) is 9.80. The van der Waals surface area contributed by atoms with Gasteiger partial charge in [-0.2, -0.15) is 0 Å². The minimum Gasteiger partial charge on any atom is -0.481 e. The molecule has 16 unspecified atom stereocenters. The van der Waals surface area contributed by atoms with Crippen LogP contribution in [-0.4, -0.2) is 203 Å². The van der Waals surface area contributed by atoms with Crippen molar-refractivity contribution < 1.29 is 113 Å². The van der Waals surface area contributed by atoms with Crippen LogP contribution >= 0.6 is 0 Å². The maximum absolute atomic E-state index is 12.6. The van der Waals surface area contributed by atoms with Gasteiger partial charge in [0, 0.05) is 24.8 Å². The fourth-order valence-electron chi connectivity index (χ4n) is 9.80. The van der Waals surface area contributed by atoms with Crippen LogP contribution in [0.2, 0.25) is 0 Å². The zero-order chi connectivity index (χ0) is 47.1. The van der Waals surface area contributed by atoms with Crippen LogP contribution < -0.4 is 0 Å². The third-order valence-corrected chi connectivity index (χ3v) is 13.3. The van der Waals surface area contributed by atoms with Crippen molar-refractivity contribution in [3.05, 3.63) is 12.2 Å². The van der Waals surface area contributed by atoms with E-state index in [1.165, 1.54) is 6.08 Å². The van der Waals surface area contributed by atoms with E-state index < -0.39 is 160 Å². The molecule has 23 heteroatoms. The molecule has 0 bridgehead atoms. The molecule has 3 heterocycles. The van der Waals surface area contributed by atoms with Crippen LogP contribution in [-0.2, 0) is 57.1 Å². The zero-order valence-electron chi connectivity index (χ0n) is 35.6. The Morgan fingerprint density at radius 3 is 1.80 bits per heavy atom. The Morgan fingerprint density at radius 2 is 1.15 bits per heavy atom. The van der Waals surface area contributed by atoms with Gasteiger partial charge in [0.05, 0.1) is 30.3 Å². The normalized spacial score (nSPS) is 42.3. The third-order valence-electron chi connectivity index (χ3n) is 13.3. The van der Waals surface area contributed by atoms with Crippen LogP contribution in [0.25, 0.3) is 0 Å². The number of carboxylic acid groups (broad SMARTS) is 2. The van der Waals surface area contributed by atoms with Crippen molar-refractivity contribution in [2.24, 2.45) is 17.8 Å². The summed E-state index contributed by atoms with van der Waals surface area (Å²) in [7, 11) is 0. The van der Waals surface area contributed by atoms with Crippen LogP contribution in [0.15, 0.2) is 12.2 Å². The highest BCUT2D eigenvalue weighted by atomic mass is 16.7. The minimum atomic E-state index is -2.01. The smallest absolute Gasteiger partial charge is 0.330 e. The molecule has 65 heavy (non-hydrogen) atoms. The van der Waals surface area contributed by atoms with Crippen molar-refractivity contribution in [3.63, 3.8) is 0 Å². The number of rotatable bonds is 16. The van der Waals surface area contributed by atoms with Gasteiger partial charge in [-0.15, -0.1) is 0 Å². The van der Waals surface area contributed by atoms with E-state index in [2.05, 4.69) is 0 Å². The SMILES string of the molecule is O=C(O)CC(=O)OCC1OC(OC2CC(O)CC3[OH+]C(C4CCC(O)CC4)C(OC4OC(COC(=O)C=CC5CCC(O)CC5)C(O)C(O)C4O)CC23)C(O)C(O)C1OC(=O)CC(=O)O. The van der Waals surface area contributed by atoms with Crippen LogP contribution in [0, 0.1) is 17.8 Å². The third kappa shape index (κ3) is 13.6. The Morgan fingerprint density at radius 1 is 0.585 bits per heavy atom. The highest BCUT2D eigenvalue weighted by Gasteiger charge is 2.57. The molecule has 16 atom stereocenters. The molecule has 0 aromatic rings. The van der Waals surface area contributed by atoms with Crippen molar-refractivity contribution in [1.82, 2.24) is 0 Å². The van der Waals surface area contributed by atoms with Gasteiger partial charge >= 0.3 is 29.8 Å². The van der Waals surface area contributed by atoms with Gasteiger partial charge in [-0.25, -0.2) is 4.79 Å². The lowest BCUT2D eigenvalue weighted by atomic mass is 9.73. The van der Waals surface area contributed by atoms with Crippen molar-refractivity contribution in [2.45, 2.75) is 188 Å². The number of carboxylic acids is 2. The van der Waals surface area contributed by atoms with E-state index in [0.29, 0.717) is 51.4 Å². The Labute approximate surface area is 373 Å². The number of fused-ring (bicyclic) bond motifs is 1. The van der Waals surface area contributed by atoms with Gasteiger partial charge in [-0.3, -0.25) is 19.2 Å². The fraction of sp³-hybridized carbons (Fsp3) is 0.833. The average molecular weight is 936 g/mol. The molecule has 0 spiro atoms. The maximum atomic E-state index is 12.6. The molecule has 23 nitrogen and oxygen atoms in total. The van der Waals surface area contributed by atoms with E-state index in [1.807, 2.05) is 0 Å². The van der Waals surface area contributed by atoms with E-state index in [-0.39, 0.29) is 37.2 Å². The summed E-state index contributed by atoms with van der Waals surface area (Å²) in [6, 6.07) is 0. The number of hydrogen-bond acceptors (Lipinski definition) is 20. The number of aliphatic carboxylic acids is 2. The van der Waals surface area contributed by atoms with Gasteiger partial charge in [-0.1, -0.05) is 6.08 Å². The van der Waals surface area contributed by atoms with Gasteiger partial charge in [0.25, 0.3) is 0 Å². The monoisotopic (exact) mass is 935 g/mol. The van der Waals surface area contributed by atoms with Gasteiger partial charge in [0.1, 0.15) is 74.9 Å². The molecule has 0 aromatic carbocycles. The number of aliphatic hydroxyl groups excluding tert-OH is 8. The second-order valence-corrected chi connectivity index (χ2v) is 18.0. The van der Waals surface area contributed by atoms with Crippen molar-refractivity contribution in [3.8, 4) is 0 Å². The Balaban J connectivity index is 1.18. The summed E-state index contributed by atoms with van der Waals surface area (Å²) >= 11 is 0. The Kier molecular flexibility index (Phi) is 18.1. The number of carbonyl (C=O) groups is 5. The van der Waals surface area contributed by atoms with E-state index >= 15 is 0 Å². The second-order valence-electron chi connectivity index (χ2n) is 18.0. The summed E-state index contributed by atoms with van der Waals surface area (Å²) in [6.07, 6.45) is -16.6. The van der Waals surface area contributed by atoms with Crippen molar-refractivity contribution in [2.75, 3.05) is 13.2 Å². The summed E-state index contributed by atoms with van der Waals surface area (Å²) in [5, 5.41) is 105. The lowest BCUT2D eigenvalue weighted by Gasteiger charge is -2.50. The molecule has 368 valence electrons. The first-order chi connectivity index (χ1) is 30.9. The van der Waals surface area contributed by atoms with Crippen LogP contribution in [0.4, 0.5) is 0 Å². The molecule has 11 N–H and O–H groups in total. The van der Waals surface area contributed by atoms with Crippen molar-refractivity contribution >= 4 is 29.8 Å². The standard InChI is InChI=1S/C42H62O23/c43-20-6-1-18(2-7-20)3-10-31(50)58-16-27-34(53)35(54)37(56)41(63-27)62-26-13-23-24(60-39(26)19-4-8-21(44)9-5-19)11-22(45)12-25(23)61-42-38(57)36(55)40(65-33(52)15-30(48)49)28(64-42)17-59-32(51)14-29(46)47/h3,10,18-28,34-45,53-57H,1-2,4-9,11-17H2,(H,46,47)(H,48,49)/p+1. The summed E-state index contributed by atoms with van der Waals surface area (Å²) in [5.41, 5.74) is 0. The van der Waals surface area contributed by atoms with Gasteiger partial charge in [-0.05, 0) is 63.7 Å². The molecule has 6 rings (SSSR count). The quantitative estimate of drug-likeness (QED) is 0.0243. The lowest BCUT2D eigenvalue weighted by Crippen LogP contribution is -2.64. The van der Waals surface area contributed by atoms with Gasteiger partial charge in [0.2, 0.25) is 0 Å². The molecule has 3 aliphatic carbocycles. The predicted octanol–water partition coefficient (Wildman–Crippen LogP) is -2.94. The van der Waals surface area contributed by atoms with Gasteiger partial charge in [0.15, 0.2) is 30.9 Å². The van der Waals surface area contributed by atoms with Crippen LogP contribution in [0.5, 0.6) is 0 Å². The summed E-state index contributed by atoms with van der Waals surface area (Å²) in [4.78, 5) is 59.3. The summed E-state index contributed by atoms with van der Waals surface area (Å²) in [6.45, 7) is -1.33. The molecular weight excluding hydrogens is 872 g/mol. The second kappa shape index (κ2) is 23.0. The maximum Gasteiger partial charge on any atom is 0.330 e. The molecule has 6 fully saturated rings. The van der Waals surface area contributed by atoms with Crippen LogP contribution in [0.1, 0.15) is 83.5 Å². The van der Waals surface area contributed by atoms with E-state index in [4.69, 9.17) is 48.1 Å². The van der Waals surface area contributed by atoms with Crippen molar-refractivity contribution in [1.29, 1.82) is 0 Å². The number of carbonyl (C=O) groups excluding carboxylic acids is 3. The molecule has 0 radical (unpaired) electrons. The molecule has 0 amide bonds. The van der Waals surface area contributed by atoms with Gasteiger partial charge < -0.3 is 89.0 Å². The molecule has 3 saturated heterocycles. The molecule has 3 saturated carbocycles. The Hall–Kier alpha value is -3.43. The average Bonchev–Trinajstić information content (AvgIpc) is 3.25. The number of allylic oxidation sites excluding steroid dienone is 1. The zero-order valence-corrected chi connectivity index (χ0v) is 35.6. The Bertz CT molecular complexity index is 1650. The first-order valence-electron chi connectivity index (χ1n) is 22.3. The number of hydrogen-bond donors (Lipinski definition) is 10. The molecule has 3 aliphatic heterocycles. The highest BCUT2D eigenvalue weighted by Crippen LogP contribution is 2.44. The number of ether oxygens (including phenoxy) is 8. The summed E-state index contributed by atoms with van der Waals surface area (Å²) in [5.74, 6) is -7.05. The van der Waals surface area contributed by atoms with Crippen LogP contribution in [0.3, 0.4) is 0 Å². The first-order valence-corrected chi connectivity index (χ1v) is 22.3. The molecule has 6 aliphatic rings. The first kappa shape index (κ1) is 51.0. The number of esters is 3. The minimum absolute atomic E-state index is 0.0558. The molecular formula is C42H63O23+. The highest BCUT2D eigenvalue weighted by molar-refractivity contribution is 5.90. The lowest BCUT2D eigenvalue weighted by molar-refractivity contribution is -0.366. The predicted molar refractivity (Wildman–Crippen MR) is 212 cm³/mol. The topological polar surface area (TPSA) is 365 Å².